The van der Waals surface area contributed by atoms with E-state index in [1.807, 2.05) is 20.0 Å². The Labute approximate surface area is 283 Å². The normalized spacial score (nSPS) is 13.2. The average Bonchev–Trinajstić information content (AvgIpc) is 2.97. The van der Waals surface area contributed by atoms with E-state index in [1.165, 1.54) is 28.8 Å². The zero-order valence-corrected chi connectivity index (χ0v) is 30.0. The van der Waals surface area contributed by atoms with Gasteiger partial charge in [0.1, 0.15) is 5.75 Å². The van der Waals surface area contributed by atoms with Gasteiger partial charge in [-0.05, 0) is 68.5 Å². The second kappa shape index (κ2) is 15.6. The van der Waals surface area contributed by atoms with Crippen molar-refractivity contribution in [1.29, 1.82) is 0 Å². The summed E-state index contributed by atoms with van der Waals surface area (Å²) in [5.74, 6) is 0.419. The summed E-state index contributed by atoms with van der Waals surface area (Å²) in [7, 11) is 0. The van der Waals surface area contributed by atoms with Crippen molar-refractivity contribution in [2.45, 2.75) is 86.7 Å². The summed E-state index contributed by atoms with van der Waals surface area (Å²) in [6, 6.07) is 16.6. The minimum absolute atomic E-state index is 0. The van der Waals surface area contributed by atoms with E-state index in [1.54, 1.807) is 0 Å². The molecule has 0 fully saturated rings. The molecule has 1 radical (unpaired) electrons. The van der Waals surface area contributed by atoms with Crippen LogP contribution in [-0.2, 0) is 31.3 Å². The fraction of sp³-hybridized carbons (Fsp3) is 0.421. The van der Waals surface area contributed by atoms with Gasteiger partial charge in [0, 0.05) is 55.3 Å². The van der Waals surface area contributed by atoms with Crippen molar-refractivity contribution >= 4 is 27.3 Å². The number of alkyl halides is 3. The zero-order valence-electron chi connectivity index (χ0n) is 27.6. The molecule has 0 saturated carbocycles. The molecule has 46 heavy (non-hydrogen) atoms. The van der Waals surface area contributed by atoms with Gasteiger partial charge in [0.15, 0.2) is 5.78 Å². The average molecular weight is 811 g/mol. The van der Waals surface area contributed by atoms with Crippen molar-refractivity contribution in [3.05, 3.63) is 77.2 Å². The first-order chi connectivity index (χ1) is 21.3. The molecule has 5 rings (SSSR count). The van der Waals surface area contributed by atoms with Gasteiger partial charge >= 0.3 is 6.18 Å². The number of pyridine rings is 1. The van der Waals surface area contributed by atoms with Crippen molar-refractivity contribution in [1.82, 2.24) is 4.98 Å². The Morgan fingerprint density at radius 3 is 2.30 bits per heavy atom. The number of nitrogens with zero attached hydrogens (tertiary/aromatic N) is 1. The Hall–Kier alpha value is -3.22. The molecule has 1 aliphatic rings. The molecule has 0 amide bonds. The minimum atomic E-state index is -4.35. The van der Waals surface area contributed by atoms with Crippen LogP contribution in [0, 0.1) is 37.7 Å². The molecule has 1 aromatic heterocycles. The molecule has 4 nitrogen and oxygen atoms in total. The molecule has 1 atom stereocenters. The summed E-state index contributed by atoms with van der Waals surface area (Å²) < 4.78 is 43.2. The predicted molar refractivity (Wildman–Crippen MR) is 176 cm³/mol. The van der Waals surface area contributed by atoms with E-state index in [9.17, 15) is 23.1 Å². The van der Waals surface area contributed by atoms with Gasteiger partial charge in [0.2, 0.25) is 0 Å². The van der Waals surface area contributed by atoms with Crippen LogP contribution in [0.4, 0.5) is 13.2 Å². The molecular formula is C38H43F3IrNO3-. The van der Waals surface area contributed by atoms with Crippen molar-refractivity contribution in [2.75, 3.05) is 0 Å². The van der Waals surface area contributed by atoms with E-state index in [4.69, 9.17) is 9.72 Å². The molecule has 0 bridgehead atoms. The minimum Gasteiger partial charge on any atom is -0.512 e. The number of ether oxygens (including phenoxy) is 1. The van der Waals surface area contributed by atoms with Crippen molar-refractivity contribution in [2.24, 2.45) is 17.8 Å². The molecule has 8 heteroatoms. The molecule has 1 aliphatic heterocycles. The molecule has 0 spiro atoms. The standard InChI is InChI=1S/C25H22NO.C13H21F3O2.Ir/c1-14(2)9-17-11-19-7-8-26-24-21-13-18-6-5-15(3)10-20(18)16(4)25(21)27-22(12-17)23(19)24;1-4-9(5-2)11(17)7-12(18)10(6-3)8-13(14,15)16;/h5-8,10-12,14H,9H2,1-4H3;7,9-10,17H,4-6,8H2,1-3H3;/q-1;;/b;11-7-;. The topological polar surface area (TPSA) is 59.4 Å². The number of ketones is 1. The Morgan fingerprint density at radius 1 is 1.02 bits per heavy atom. The number of hydrogen-bond donors (Lipinski definition) is 1. The number of halogens is 3. The second-order valence-electron chi connectivity index (χ2n) is 12.5. The maximum absolute atomic E-state index is 12.2. The number of benzene rings is 3. The third-order valence-corrected chi connectivity index (χ3v) is 8.45. The van der Waals surface area contributed by atoms with Crippen LogP contribution in [0.2, 0.25) is 0 Å². The van der Waals surface area contributed by atoms with Gasteiger partial charge in [0.25, 0.3) is 0 Å². The van der Waals surface area contributed by atoms with E-state index in [0.29, 0.717) is 18.8 Å². The van der Waals surface area contributed by atoms with E-state index >= 15 is 0 Å². The SMILES string of the molecule is CCC(CC(F)(F)F)C(=O)/C=C(\O)C(CC)CC.Cc1ccc2[c-]c3c(c(C)c2c1)Oc1cc(CC(C)C)cc2ccnc-3c12.[Ir]. The maximum Gasteiger partial charge on any atom is 0.389 e. The van der Waals surface area contributed by atoms with Crippen molar-refractivity contribution < 1.29 is 47.9 Å². The number of aryl methyl sites for hydroxylation is 2. The van der Waals surface area contributed by atoms with Crippen LogP contribution >= 0.6 is 0 Å². The van der Waals surface area contributed by atoms with Crippen LogP contribution in [0.5, 0.6) is 11.5 Å². The molecular weight excluding hydrogens is 768 g/mol. The van der Waals surface area contributed by atoms with E-state index in [0.717, 1.165) is 51.6 Å². The van der Waals surface area contributed by atoms with Crippen LogP contribution in [0.25, 0.3) is 32.8 Å². The molecule has 1 unspecified atom stereocenters. The molecule has 3 aromatic carbocycles. The Bertz CT molecular complexity index is 1720. The Morgan fingerprint density at radius 2 is 1.70 bits per heavy atom. The number of rotatable bonds is 9. The number of allylic oxidation sites excluding steroid dienone is 2. The monoisotopic (exact) mass is 811 g/mol. The van der Waals surface area contributed by atoms with Crippen LogP contribution in [0.15, 0.2) is 54.4 Å². The molecule has 2 heterocycles. The van der Waals surface area contributed by atoms with Gasteiger partial charge in [-0.25, -0.2) is 0 Å². The quantitative estimate of drug-likeness (QED) is 0.0915. The van der Waals surface area contributed by atoms with E-state index in [-0.39, 0.29) is 38.2 Å². The Balaban J connectivity index is 0.000000269. The van der Waals surface area contributed by atoms with Gasteiger partial charge in [-0.2, -0.15) is 13.2 Å². The molecule has 4 aromatic rings. The summed E-state index contributed by atoms with van der Waals surface area (Å²) in [5, 5.41) is 14.3. The largest absolute Gasteiger partial charge is 0.512 e. The van der Waals surface area contributed by atoms with Gasteiger partial charge in [0.05, 0.1) is 17.9 Å². The maximum atomic E-state index is 12.2. The van der Waals surface area contributed by atoms with Crippen LogP contribution in [-0.4, -0.2) is 22.1 Å². The van der Waals surface area contributed by atoms with Crippen molar-refractivity contribution in [3.63, 3.8) is 0 Å². The predicted octanol–water partition coefficient (Wildman–Crippen LogP) is 11.2. The number of aliphatic hydroxyl groups excluding tert-OH is 1. The van der Waals surface area contributed by atoms with Gasteiger partial charge < -0.3 is 9.84 Å². The molecule has 0 saturated heterocycles. The van der Waals surface area contributed by atoms with Gasteiger partial charge in [-0.1, -0.05) is 74.9 Å². The third-order valence-electron chi connectivity index (χ3n) is 8.45. The van der Waals surface area contributed by atoms with E-state index < -0.39 is 24.3 Å². The summed E-state index contributed by atoms with van der Waals surface area (Å²) in [5.41, 5.74) is 5.66. The fourth-order valence-corrected chi connectivity index (χ4v) is 5.99. The van der Waals surface area contributed by atoms with E-state index in [2.05, 4.69) is 70.2 Å². The number of carbonyl (C=O) groups is 1. The Kier molecular flexibility index (Phi) is 12.6. The van der Waals surface area contributed by atoms with Crippen LogP contribution < -0.4 is 4.74 Å². The summed E-state index contributed by atoms with van der Waals surface area (Å²) >= 11 is 0. The summed E-state index contributed by atoms with van der Waals surface area (Å²) in [4.78, 5) is 16.4. The van der Waals surface area contributed by atoms with Crippen LogP contribution in [0.3, 0.4) is 0 Å². The number of fused-ring (bicyclic) bond motifs is 3. The summed E-state index contributed by atoms with van der Waals surface area (Å²) in [6.07, 6.45) is -0.145. The third kappa shape index (κ3) is 8.57. The fourth-order valence-electron chi connectivity index (χ4n) is 5.99. The first kappa shape index (κ1) is 37.2. The second-order valence-corrected chi connectivity index (χ2v) is 12.5. The number of aromatic nitrogens is 1. The molecule has 0 aliphatic carbocycles. The molecule has 249 valence electrons. The number of carbonyl (C=O) groups excluding carboxylic acids is 1. The number of hydrogen-bond acceptors (Lipinski definition) is 4. The van der Waals surface area contributed by atoms with Crippen LogP contribution in [0.1, 0.15) is 77.0 Å². The zero-order chi connectivity index (χ0) is 33.1. The first-order valence-electron chi connectivity index (χ1n) is 15.8. The summed E-state index contributed by atoms with van der Waals surface area (Å²) in [6.45, 7) is 14.0. The van der Waals surface area contributed by atoms with Gasteiger partial charge in [-0.3, -0.25) is 9.78 Å². The van der Waals surface area contributed by atoms with Gasteiger partial charge in [-0.15, -0.1) is 17.5 Å². The molecule has 1 N–H and O–H groups in total. The number of aliphatic hydroxyl groups is 1. The first-order valence-corrected chi connectivity index (χ1v) is 15.8. The smallest absolute Gasteiger partial charge is 0.389 e. The van der Waals surface area contributed by atoms with Crippen molar-refractivity contribution in [3.8, 4) is 22.8 Å².